The van der Waals surface area contributed by atoms with E-state index < -0.39 is 0 Å². The Morgan fingerprint density at radius 1 is 0.417 bits per heavy atom. The maximum Gasteiger partial charge on any atom is 0.258 e. The van der Waals surface area contributed by atoms with Crippen LogP contribution in [0, 0.1) is 0 Å². The molecule has 0 radical (unpaired) electrons. The van der Waals surface area contributed by atoms with Crippen molar-refractivity contribution in [2.24, 2.45) is 0 Å². The standard InChI is InChI=1S/C25H31N5O3.C25H28N4O4.C23H26N4O4.C23H27N3O4/c1-5-31-22-10-8-18(14-23(22)32-6-2)25-28-24(29-33-25)17-7-9-21-20(13-17)19(16-27-21)15-26-11-12-30(3)4;1-3-31-22-8-6-17(12-23(22)32-4-2)25-27-24(28-33-25)16-5-7-21-20(11-16)18(13-26-21)14-29-10-9-19(30)15-29;1-3-29-20-8-6-16(12-21(20)30-4-2)23-26-22(27-31-23)15-5-7-19-18(11-15)17(14-25-19)13-24-9-10-28;1-3-28-20-11-8-15(14-21(20)29-4-2)23-25-22(26-30-23)18-7-5-6-17-16(18)9-10-19(17)24-12-13-27/h7-10,13-14,16,26-27H,5-6,11-12,15H2,1-4H3;5-8,11-13,19,26,30H,3-4,9-10,14-15H2,1-2H3;5-8,11-12,14,24-25,28H,3-4,9-10,13H2,1-2H3;5-8,11,14,19,24,27H,3-4,9-10,12-13H2,1-2H3/t;19-;;/m.0../s1. The van der Waals surface area contributed by atoms with Crippen LogP contribution in [0.1, 0.15) is 102 Å². The molecule has 2 aliphatic rings. The van der Waals surface area contributed by atoms with Crippen molar-refractivity contribution < 1.29 is 71.3 Å². The number of aliphatic hydroxyl groups excluding tert-OH is 3. The summed E-state index contributed by atoms with van der Waals surface area (Å²) in [7, 11) is 4.15. The minimum absolute atomic E-state index is 0.107. The van der Waals surface area contributed by atoms with Crippen molar-refractivity contribution >= 4 is 32.7 Å². The number of nitrogens with one attached hydrogen (secondary N) is 6. The minimum Gasteiger partial charge on any atom is -0.490 e. The number of likely N-dealkylation sites (tertiary alicyclic amines) is 1. The van der Waals surface area contributed by atoms with Gasteiger partial charge in [0, 0.05) is 161 Å². The Kier molecular flexibility index (Phi) is 31.5. The van der Waals surface area contributed by atoms with Crippen molar-refractivity contribution in [2.75, 3.05) is 119 Å². The van der Waals surface area contributed by atoms with Crippen LogP contribution in [0.15, 0.2) is 182 Å². The molecular formula is C96H112N16O15. The van der Waals surface area contributed by atoms with Gasteiger partial charge in [0.05, 0.1) is 72.2 Å². The number of likely N-dealkylation sites (N-methyl/N-ethyl adjacent to an activating group) is 1. The van der Waals surface area contributed by atoms with Crippen LogP contribution in [0.5, 0.6) is 46.0 Å². The number of nitrogens with zero attached hydrogens (tertiary/aromatic N) is 10. The first kappa shape index (κ1) is 90.3. The molecule has 0 bridgehead atoms. The van der Waals surface area contributed by atoms with Crippen molar-refractivity contribution in [1.29, 1.82) is 0 Å². The fourth-order valence-electron chi connectivity index (χ4n) is 15.3. The molecule has 31 nitrogen and oxygen atoms in total. The topological polar surface area (TPSA) is 380 Å². The molecule has 9 N–H and O–H groups in total. The molecule has 8 heterocycles. The minimum atomic E-state index is -0.227. The number of aromatic nitrogens is 11. The van der Waals surface area contributed by atoms with Gasteiger partial charge in [0.25, 0.3) is 23.6 Å². The van der Waals surface area contributed by atoms with Gasteiger partial charge in [-0.1, -0.05) is 38.8 Å². The summed E-state index contributed by atoms with van der Waals surface area (Å²) in [6.07, 6.45) is 8.59. The van der Waals surface area contributed by atoms with E-state index in [0.29, 0.717) is 172 Å². The summed E-state index contributed by atoms with van der Waals surface area (Å²) in [6, 6.07) is 47.2. The van der Waals surface area contributed by atoms with Crippen molar-refractivity contribution in [1.82, 2.24) is 81.3 Å². The molecule has 0 saturated carbocycles. The predicted molar refractivity (Wildman–Crippen MR) is 487 cm³/mol. The molecule has 1 aliphatic heterocycles. The number of aromatic amines is 3. The van der Waals surface area contributed by atoms with Gasteiger partial charge in [-0.25, -0.2) is 0 Å². The molecule has 1 saturated heterocycles. The van der Waals surface area contributed by atoms with Gasteiger partial charge in [-0.05, 0) is 244 Å². The van der Waals surface area contributed by atoms with Gasteiger partial charge in [0.2, 0.25) is 23.3 Å². The number of H-pyrrole nitrogens is 3. The van der Waals surface area contributed by atoms with E-state index in [1.54, 1.807) is 0 Å². The van der Waals surface area contributed by atoms with Gasteiger partial charge in [0.15, 0.2) is 46.0 Å². The van der Waals surface area contributed by atoms with E-state index in [0.717, 1.165) is 135 Å². The zero-order valence-corrected chi connectivity index (χ0v) is 73.5. The molecule has 31 heteroatoms. The average molecular weight is 1730 g/mol. The Morgan fingerprint density at radius 3 is 1.17 bits per heavy atom. The maximum absolute atomic E-state index is 9.83. The van der Waals surface area contributed by atoms with Gasteiger partial charge in [0.1, 0.15) is 0 Å². The van der Waals surface area contributed by atoms with E-state index in [1.165, 1.54) is 22.3 Å². The fourth-order valence-corrected chi connectivity index (χ4v) is 15.3. The Hall–Kier alpha value is -13.0. The summed E-state index contributed by atoms with van der Waals surface area (Å²) in [5, 5.41) is 58.2. The molecule has 1 unspecified atom stereocenters. The highest BCUT2D eigenvalue weighted by Gasteiger charge is 2.28. The number of hydrogen-bond donors (Lipinski definition) is 9. The first-order valence-corrected chi connectivity index (χ1v) is 43.5. The summed E-state index contributed by atoms with van der Waals surface area (Å²) in [5.74, 6) is 9.30. The molecule has 8 aromatic carbocycles. The van der Waals surface area contributed by atoms with Crippen LogP contribution in [0.25, 0.3) is 124 Å². The van der Waals surface area contributed by atoms with E-state index in [1.807, 2.05) is 201 Å². The van der Waals surface area contributed by atoms with Crippen LogP contribution in [0.2, 0.25) is 0 Å². The molecule has 1 fully saturated rings. The molecule has 1 aliphatic carbocycles. The van der Waals surface area contributed by atoms with Crippen LogP contribution >= 0.6 is 0 Å². The lowest BCUT2D eigenvalue weighted by molar-refractivity contribution is 0.175. The van der Waals surface area contributed by atoms with Crippen LogP contribution in [0.4, 0.5) is 0 Å². The molecule has 15 aromatic rings. The summed E-state index contributed by atoms with van der Waals surface area (Å²) < 4.78 is 67.7. The monoisotopic (exact) mass is 1730 g/mol. The number of β-amino-alcohol motifs (C(OH)–C–C–N with tert-alkyl or cyclic N) is 1. The molecule has 17 rings (SSSR count). The number of hydrogen-bond acceptors (Lipinski definition) is 28. The number of fused-ring (bicyclic) bond motifs is 4. The SMILES string of the molecule is CCOc1ccc(-c2nc(-c3ccc4[nH]cc(CN5CC[C@H](O)C5)c4c3)no2)cc1OCC.CCOc1ccc(-c2nc(-c3ccc4[nH]cc(CNCCN(C)C)c4c3)no2)cc1OCC.CCOc1ccc(-c2nc(-c3ccc4[nH]cc(CNCCO)c4c3)no2)cc1OCC.CCOc1ccc(-c2nc(-c3cccc4c3CCC4NCCO)no2)cc1OCC. The zero-order chi connectivity index (χ0) is 88.5. The van der Waals surface area contributed by atoms with Gasteiger partial charge in [-0.3, -0.25) is 4.90 Å². The van der Waals surface area contributed by atoms with Crippen LogP contribution in [-0.2, 0) is 26.1 Å². The van der Waals surface area contributed by atoms with Crippen LogP contribution in [0.3, 0.4) is 0 Å². The van der Waals surface area contributed by atoms with E-state index >= 15 is 0 Å². The lowest BCUT2D eigenvalue weighted by Crippen LogP contribution is -2.26. The number of aliphatic hydroxyl groups is 3. The van der Waals surface area contributed by atoms with E-state index in [9.17, 15) is 5.11 Å². The third-order valence-corrected chi connectivity index (χ3v) is 21.3. The summed E-state index contributed by atoms with van der Waals surface area (Å²) in [6.45, 7) is 27.1. The second-order valence-corrected chi connectivity index (χ2v) is 30.2. The third-order valence-electron chi connectivity index (χ3n) is 21.3. The average Bonchev–Trinajstić information content (AvgIpc) is 1.60. The number of rotatable bonds is 38. The normalized spacial score (nSPS) is 13.6. The Balaban J connectivity index is 0.000000137. The molecule has 0 spiro atoms. The molecule has 7 aromatic heterocycles. The van der Waals surface area contributed by atoms with E-state index in [4.69, 9.17) is 66.2 Å². The smallest absolute Gasteiger partial charge is 0.258 e. The lowest BCUT2D eigenvalue weighted by Gasteiger charge is -2.14. The second kappa shape index (κ2) is 44.3. The first-order valence-electron chi connectivity index (χ1n) is 43.5. The maximum atomic E-state index is 9.83. The molecule has 0 amide bonds. The Labute approximate surface area is 736 Å². The largest absolute Gasteiger partial charge is 0.490 e. The highest BCUT2D eigenvalue weighted by Crippen LogP contribution is 2.42. The quantitative estimate of drug-likeness (QED) is 0.0162. The van der Waals surface area contributed by atoms with Crippen molar-refractivity contribution in [3.05, 3.63) is 192 Å². The van der Waals surface area contributed by atoms with Crippen molar-refractivity contribution in [3.63, 3.8) is 0 Å². The number of benzene rings is 8. The van der Waals surface area contributed by atoms with Gasteiger partial charge in [-0.15, -0.1) is 0 Å². The Bertz CT molecular complexity index is 6050. The highest BCUT2D eigenvalue weighted by molar-refractivity contribution is 5.89. The van der Waals surface area contributed by atoms with Gasteiger partial charge < -0.3 is 107 Å². The predicted octanol–water partition coefficient (Wildman–Crippen LogP) is 16.1. The van der Waals surface area contributed by atoms with Crippen LogP contribution in [-0.4, -0.2) is 206 Å². The summed E-state index contributed by atoms with van der Waals surface area (Å²) >= 11 is 0. The third kappa shape index (κ3) is 22.5. The second-order valence-electron chi connectivity index (χ2n) is 30.2. The molecular weight excluding hydrogens is 1620 g/mol. The molecule has 2 atom stereocenters. The van der Waals surface area contributed by atoms with E-state index in [-0.39, 0.29) is 25.4 Å². The summed E-state index contributed by atoms with van der Waals surface area (Å²) in [5.41, 5.74) is 15.9. The molecule has 127 heavy (non-hydrogen) atoms. The van der Waals surface area contributed by atoms with Gasteiger partial charge in [-0.2, -0.15) is 19.9 Å². The Morgan fingerprint density at radius 2 is 0.787 bits per heavy atom. The first-order chi connectivity index (χ1) is 62.2. The van der Waals surface area contributed by atoms with Crippen LogP contribution < -0.4 is 53.8 Å². The van der Waals surface area contributed by atoms with E-state index in [2.05, 4.69) is 114 Å². The number of ether oxygens (including phenoxy) is 8. The van der Waals surface area contributed by atoms with Crippen molar-refractivity contribution in [2.45, 2.75) is 106 Å². The van der Waals surface area contributed by atoms with Crippen molar-refractivity contribution in [3.8, 4) is 137 Å². The fraction of sp³-hybridized carbons (Fsp3) is 0.354. The zero-order valence-electron chi connectivity index (χ0n) is 73.5. The van der Waals surface area contributed by atoms with Gasteiger partial charge >= 0.3 is 0 Å². The highest BCUT2D eigenvalue weighted by atomic mass is 16.5. The lowest BCUT2D eigenvalue weighted by atomic mass is 10.0. The molecule has 666 valence electrons. The summed E-state index contributed by atoms with van der Waals surface area (Å²) in [4.78, 5) is 32.9.